The number of rotatable bonds is 3. The van der Waals surface area contributed by atoms with Gasteiger partial charge in [-0.05, 0) is 63.3 Å². The van der Waals surface area contributed by atoms with E-state index < -0.39 is 0 Å². The molecule has 2 fully saturated rings. The first-order chi connectivity index (χ1) is 12.2. The molecule has 1 aromatic heterocycles. The van der Waals surface area contributed by atoms with Crippen molar-refractivity contribution in [2.75, 3.05) is 24.5 Å². The minimum Gasteiger partial charge on any atom is -0.372 e. The van der Waals surface area contributed by atoms with Crippen molar-refractivity contribution < 1.29 is 9.32 Å². The molecule has 1 aromatic carbocycles. The van der Waals surface area contributed by atoms with Crippen molar-refractivity contribution in [3.63, 3.8) is 0 Å². The van der Waals surface area contributed by atoms with E-state index in [4.69, 9.17) is 4.52 Å². The van der Waals surface area contributed by atoms with Crippen LogP contribution in [-0.4, -0.2) is 35.6 Å². The van der Waals surface area contributed by atoms with Gasteiger partial charge in [-0.3, -0.25) is 4.79 Å². The van der Waals surface area contributed by atoms with E-state index in [2.05, 4.69) is 22.2 Å². The molecule has 0 radical (unpaired) electrons. The third-order valence-corrected chi connectivity index (χ3v) is 5.34. The predicted octanol–water partition coefficient (Wildman–Crippen LogP) is 3.95. The summed E-state index contributed by atoms with van der Waals surface area (Å²) in [6, 6.07) is 10.1. The number of likely N-dealkylation sites (tertiary alicyclic amines) is 1. The number of nitrogens with zero attached hydrogens (tertiary/aromatic N) is 3. The standard InChI is InChI=1S/C20H25N3O2/c1-15-14-18(21-25-15)19-6-2-3-13-23(19)20(24)16-7-9-17(10-8-16)22-11-4-5-12-22/h7-10,14,19H,2-6,11-13H2,1H3/t19-/m1/s1. The van der Waals surface area contributed by atoms with Gasteiger partial charge in [0, 0.05) is 37.0 Å². The first kappa shape index (κ1) is 16.2. The summed E-state index contributed by atoms with van der Waals surface area (Å²) in [5, 5.41) is 4.16. The number of hydrogen-bond donors (Lipinski definition) is 0. The second kappa shape index (κ2) is 6.90. The zero-order chi connectivity index (χ0) is 17.2. The molecular formula is C20H25N3O2. The first-order valence-corrected chi connectivity index (χ1v) is 9.31. The Morgan fingerprint density at radius 3 is 2.48 bits per heavy atom. The van der Waals surface area contributed by atoms with E-state index in [9.17, 15) is 4.79 Å². The van der Waals surface area contributed by atoms with Gasteiger partial charge in [-0.15, -0.1) is 0 Å². The van der Waals surface area contributed by atoms with Gasteiger partial charge in [0.05, 0.1) is 6.04 Å². The van der Waals surface area contributed by atoms with E-state index in [1.165, 1.54) is 18.5 Å². The fraction of sp³-hybridized carbons (Fsp3) is 0.500. The molecule has 1 atom stereocenters. The molecule has 1 amide bonds. The quantitative estimate of drug-likeness (QED) is 0.849. The molecule has 132 valence electrons. The van der Waals surface area contributed by atoms with Gasteiger partial charge in [-0.1, -0.05) is 5.16 Å². The van der Waals surface area contributed by atoms with Crippen LogP contribution in [0.3, 0.4) is 0 Å². The zero-order valence-electron chi connectivity index (χ0n) is 14.8. The number of hydrogen-bond acceptors (Lipinski definition) is 4. The minimum atomic E-state index is 0.0250. The van der Waals surface area contributed by atoms with Crippen LogP contribution in [0.2, 0.25) is 0 Å². The summed E-state index contributed by atoms with van der Waals surface area (Å²) < 4.78 is 5.23. The number of aryl methyl sites for hydroxylation is 1. The normalized spacial score (nSPS) is 20.9. The summed E-state index contributed by atoms with van der Waals surface area (Å²) in [6.07, 6.45) is 5.63. The molecule has 0 bridgehead atoms. The maximum absolute atomic E-state index is 13.1. The van der Waals surface area contributed by atoms with Crippen LogP contribution in [0.4, 0.5) is 5.69 Å². The number of piperidine rings is 1. The number of carbonyl (C=O) groups excluding carboxylic acids is 1. The summed E-state index contributed by atoms with van der Waals surface area (Å²) in [4.78, 5) is 17.4. The molecule has 0 N–H and O–H groups in total. The van der Waals surface area contributed by atoms with Gasteiger partial charge in [0.25, 0.3) is 5.91 Å². The number of amides is 1. The Bertz CT molecular complexity index is 732. The van der Waals surface area contributed by atoms with Crippen LogP contribution in [-0.2, 0) is 0 Å². The summed E-state index contributed by atoms with van der Waals surface area (Å²) in [7, 11) is 0. The lowest BCUT2D eigenvalue weighted by atomic mass is 9.98. The molecule has 25 heavy (non-hydrogen) atoms. The fourth-order valence-electron chi connectivity index (χ4n) is 3.98. The molecule has 5 heteroatoms. The number of anilines is 1. The van der Waals surface area contributed by atoms with Gasteiger partial charge in [0.1, 0.15) is 11.5 Å². The van der Waals surface area contributed by atoms with Crippen LogP contribution in [0.15, 0.2) is 34.9 Å². The summed E-state index contributed by atoms with van der Waals surface area (Å²) in [5.41, 5.74) is 2.85. The van der Waals surface area contributed by atoms with Crippen molar-refractivity contribution in [2.45, 2.75) is 45.1 Å². The maximum atomic E-state index is 13.1. The molecule has 3 heterocycles. The minimum absolute atomic E-state index is 0.0250. The smallest absolute Gasteiger partial charge is 0.254 e. The van der Waals surface area contributed by atoms with Crippen molar-refractivity contribution >= 4 is 11.6 Å². The van der Waals surface area contributed by atoms with E-state index in [1.54, 1.807) is 0 Å². The predicted molar refractivity (Wildman–Crippen MR) is 96.8 cm³/mol. The van der Waals surface area contributed by atoms with E-state index in [0.29, 0.717) is 0 Å². The van der Waals surface area contributed by atoms with Crippen molar-refractivity contribution in [3.8, 4) is 0 Å². The van der Waals surface area contributed by atoms with E-state index >= 15 is 0 Å². The van der Waals surface area contributed by atoms with E-state index in [0.717, 1.165) is 55.9 Å². The SMILES string of the molecule is Cc1cc([C@H]2CCCCN2C(=O)c2ccc(N3CCCC3)cc2)no1. The molecule has 2 aromatic rings. The highest BCUT2D eigenvalue weighted by Crippen LogP contribution is 2.32. The van der Waals surface area contributed by atoms with Crippen LogP contribution in [0, 0.1) is 6.92 Å². The van der Waals surface area contributed by atoms with E-state index in [1.807, 2.05) is 30.0 Å². The lowest BCUT2D eigenvalue weighted by Crippen LogP contribution is -2.38. The second-order valence-electron chi connectivity index (χ2n) is 7.11. The lowest BCUT2D eigenvalue weighted by Gasteiger charge is -2.34. The molecular weight excluding hydrogens is 314 g/mol. The Balaban J connectivity index is 1.53. The molecule has 0 aliphatic carbocycles. The Morgan fingerprint density at radius 2 is 1.80 bits per heavy atom. The average Bonchev–Trinajstić information content (AvgIpc) is 3.33. The second-order valence-corrected chi connectivity index (χ2v) is 7.11. The molecule has 5 nitrogen and oxygen atoms in total. The van der Waals surface area contributed by atoms with Gasteiger partial charge < -0.3 is 14.3 Å². The first-order valence-electron chi connectivity index (χ1n) is 9.31. The number of benzene rings is 1. The van der Waals surface area contributed by atoms with Crippen LogP contribution in [0.25, 0.3) is 0 Å². The average molecular weight is 339 g/mol. The third kappa shape index (κ3) is 3.28. The molecule has 0 spiro atoms. The Labute approximate surface area is 148 Å². The molecule has 2 aliphatic heterocycles. The molecule has 4 rings (SSSR count). The number of carbonyl (C=O) groups is 1. The molecule has 0 unspecified atom stereocenters. The largest absolute Gasteiger partial charge is 0.372 e. The van der Waals surface area contributed by atoms with Crippen LogP contribution in [0.1, 0.15) is 60.0 Å². The number of aromatic nitrogens is 1. The van der Waals surface area contributed by atoms with Crippen LogP contribution in [0.5, 0.6) is 0 Å². The fourth-order valence-corrected chi connectivity index (χ4v) is 3.98. The maximum Gasteiger partial charge on any atom is 0.254 e. The van der Waals surface area contributed by atoms with Crippen LogP contribution >= 0.6 is 0 Å². The highest BCUT2D eigenvalue weighted by atomic mass is 16.5. The van der Waals surface area contributed by atoms with Gasteiger partial charge in [-0.2, -0.15) is 0 Å². The van der Waals surface area contributed by atoms with Crippen LogP contribution < -0.4 is 4.90 Å². The molecule has 2 saturated heterocycles. The van der Waals surface area contributed by atoms with Gasteiger partial charge in [-0.25, -0.2) is 0 Å². The Kier molecular flexibility index (Phi) is 4.47. The monoisotopic (exact) mass is 339 g/mol. The lowest BCUT2D eigenvalue weighted by molar-refractivity contribution is 0.0602. The van der Waals surface area contributed by atoms with Crippen molar-refractivity contribution in [3.05, 3.63) is 47.3 Å². The highest BCUT2D eigenvalue weighted by molar-refractivity contribution is 5.95. The molecule has 2 aliphatic rings. The van der Waals surface area contributed by atoms with Crippen molar-refractivity contribution in [2.24, 2.45) is 0 Å². The summed E-state index contributed by atoms with van der Waals surface area (Å²) in [5.74, 6) is 0.890. The Hall–Kier alpha value is -2.30. The van der Waals surface area contributed by atoms with Crippen molar-refractivity contribution in [1.29, 1.82) is 0 Å². The van der Waals surface area contributed by atoms with Gasteiger partial charge in [0.15, 0.2) is 0 Å². The highest BCUT2D eigenvalue weighted by Gasteiger charge is 2.30. The third-order valence-electron chi connectivity index (χ3n) is 5.34. The van der Waals surface area contributed by atoms with E-state index in [-0.39, 0.29) is 11.9 Å². The summed E-state index contributed by atoms with van der Waals surface area (Å²) >= 11 is 0. The van der Waals surface area contributed by atoms with Gasteiger partial charge in [0.2, 0.25) is 0 Å². The topological polar surface area (TPSA) is 49.6 Å². The van der Waals surface area contributed by atoms with Crippen molar-refractivity contribution in [1.82, 2.24) is 10.1 Å². The molecule has 0 saturated carbocycles. The summed E-state index contributed by atoms with van der Waals surface area (Å²) in [6.45, 7) is 4.91. The van der Waals surface area contributed by atoms with Gasteiger partial charge >= 0.3 is 0 Å². The Morgan fingerprint density at radius 1 is 1.08 bits per heavy atom. The zero-order valence-corrected chi connectivity index (χ0v) is 14.8.